The lowest BCUT2D eigenvalue weighted by Crippen LogP contribution is -2.12. The number of halogens is 2. The third-order valence-electron chi connectivity index (χ3n) is 6.07. The molecule has 0 saturated carbocycles. The standard InChI is InChI=1S/C28H29Cl2N3O3/c1-16(2)22-13-24(30)17(3)12-26(22)35-15-21-10-11-25(36-21)28(34)31-27-18(4)32-33(19(27)5)14-20-8-6-7-9-23(20)29/h6-13,16H,14-15H2,1-5H3,(H,31,34). The van der Waals surface area contributed by atoms with E-state index in [1.165, 1.54) is 0 Å². The lowest BCUT2D eigenvalue weighted by molar-refractivity contribution is 0.0992. The largest absolute Gasteiger partial charge is 0.485 e. The molecule has 4 rings (SSSR count). The Bertz CT molecular complexity index is 1410. The summed E-state index contributed by atoms with van der Waals surface area (Å²) in [4.78, 5) is 12.9. The van der Waals surface area contributed by atoms with Crippen LogP contribution in [-0.4, -0.2) is 15.7 Å². The third-order valence-corrected chi connectivity index (χ3v) is 6.84. The molecule has 0 saturated heterocycles. The Labute approximate surface area is 221 Å². The van der Waals surface area contributed by atoms with Gasteiger partial charge in [0.05, 0.1) is 23.6 Å². The number of ether oxygens (including phenoxy) is 1. The average Bonchev–Trinajstić information content (AvgIpc) is 3.41. The molecule has 2 heterocycles. The van der Waals surface area contributed by atoms with Crippen LogP contribution in [0.3, 0.4) is 0 Å². The summed E-state index contributed by atoms with van der Waals surface area (Å²) >= 11 is 12.6. The lowest BCUT2D eigenvalue weighted by atomic mass is 10.0. The number of carbonyl (C=O) groups is 1. The first-order valence-electron chi connectivity index (χ1n) is 11.7. The van der Waals surface area contributed by atoms with E-state index in [1.54, 1.807) is 12.1 Å². The quantitative estimate of drug-likeness (QED) is 0.255. The molecule has 0 atom stereocenters. The van der Waals surface area contributed by atoms with Gasteiger partial charge in [0.2, 0.25) is 0 Å². The maximum Gasteiger partial charge on any atom is 0.291 e. The Balaban J connectivity index is 1.45. The van der Waals surface area contributed by atoms with Crippen molar-refractivity contribution in [3.8, 4) is 5.75 Å². The molecule has 0 fully saturated rings. The number of nitrogens with one attached hydrogen (secondary N) is 1. The minimum atomic E-state index is -0.352. The van der Waals surface area contributed by atoms with E-state index in [9.17, 15) is 4.79 Å². The third kappa shape index (κ3) is 5.61. The smallest absolute Gasteiger partial charge is 0.291 e. The number of aryl methyl sites for hydroxylation is 2. The van der Waals surface area contributed by atoms with E-state index in [-0.39, 0.29) is 24.2 Å². The van der Waals surface area contributed by atoms with Crippen molar-refractivity contribution in [3.05, 3.63) is 98.2 Å². The van der Waals surface area contributed by atoms with Gasteiger partial charge in [-0.25, -0.2) is 0 Å². The zero-order valence-corrected chi connectivity index (χ0v) is 22.5. The van der Waals surface area contributed by atoms with Crippen LogP contribution in [0, 0.1) is 20.8 Å². The van der Waals surface area contributed by atoms with Crippen molar-refractivity contribution < 1.29 is 13.9 Å². The first-order valence-corrected chi connectivity index (χ1v) is 12.5. The minimum absolute atomic E-state index is 0.196. The molecule has 188 valence electrons. The highest BCUT2D eigenvalue weighted by Crippen LogP contribution is 2.32. The van der Waals surface area contributed by atoms with Gasteiger partial charge in [0.1, 0.15) is 18.1 Å². The predicted octanol–water partition coefficient (Wildman–Crippen LogP) is 7.71. The van der Waals surface area contributed by atoms with Gasteiger partial charge in [0, 0.05) is 10.0 Å². The molecule has 0 aliphatic heterocycles. The number of benzene rings is 2. The summed E-state index contributed by atoms with van der Waals surface area (Å²) in [5, 5.41) is 8.90. The molecule has 0 spiro atoms. The second kappa shape index (κ2) is 10.8. The Morgan fingerprint density at radius 1 is 1.08 bits per heavy atom. The van der Waals surface area contributed by atoms with Crippen LogP contribution in [0.4, 0.5) is 5.69 Å². The summed E-state index contributed by atoms with van der Waals surface area (Å²) < 4.78 is 13.6. The number of aromatic nitrogens is 2. The van der Waals surface area contributed by atoms with Gasteiger partial charge in [-0.15, -0.1) is 0 Å². The van der Waals surface area contributed by atoms with Crippen LogP contribution >= 0.6 is 23.2 Å². The van der Waals surface area contributed by atoms with E-state index in [0.717, 1.165) is 28.1 Å². The fourth-order valence-corrected chi connectivity index (χ4v) is 4.34. The van der Waals surface area contributed by atoms with Gasteiger partial charge in [-0.2, -0.15) is 5.10 Å². The predicted molar refractivity (Wildman–Crippen MR) is 144 cm³/mol. The number of carbonyl (C=O) groups excluding carboxylic acids is 1. The van der Waals surface area contributed by atoms with Gasteiger partial charge in [-0.3, -0.25) is 9.48 Å². The molecule has 1 N–H and O–H groups in total. The zero-order valence-electron chi connectivity index (χ0n) is 21.0. The fourth-order valence-electron chi connectivity index (χ4n) is 3.97. The van der Waals surface area contributed by atoms with Crippen LogP contribution in [0.2, 0.25) is 10.0 Å². The summed E-state index contributed by atoms with van der Waals surface area (Å²) in [5.74, 6) is 1.40. The normalized spacial score (nSPS) is 11.2. The molecule has 0 aliphatic rings. The van der Waals surface area contributed by atoms with Gasteiger partial charge in [-0.1, -0.05) is 55.2 Å². The molecule has 0 unspecified atom stereocenters. The van der Waals surface area contributed by atoms with Crippen molar-refractivity contribution in [2.45, 2.75) is 53.7 Å². The SMILES string of the molecule is Cc1cc(OCc2ccc(C(=O)Nc3c(C)nn(Cc4ccccc4Cl)c3C)o2)c(C(C)C)cc1Cl. The highest BCUT2D eigenvalue weighted by molar-refractivity contribution is 6.31. The Morgan fingerprint density at radius 3 is 2.56 bits per heavy atom. The minimum Gasteiger partial charge on any atom is -0.485 e. The monoisotopic (exact) mass is 525 g/mol. The van der Waals surface area contributed by atoms with Gasteiger partial charge >= 0.3 is 0 Å². The number of amides is 1. The highest BCUT2D eigenvalue weighted by atomic mass is 35.5. The van der Waals surface area contributed by atoms with Gasteiger partial charge < -0.3 is 14.5 Å². The van der Waals surface area contributed by atoms with E-state index in [1.807, 2.05) is 61.9 Å². The topological polar surface area (TPSA) is 69.3 Å². The van der Waals surface area contributed by atoms with Crippen LogP contribution in [0.5, 0.6) is 5.75 Å². The average molecular weight is 526 g/mol. The first-order chi connectivity index (χ1) is 17.1. The molecule has 0 radical (unpaired) electrons. The molecule has 36 heavy (non-hydrogen) atoms. The van der Waals surface area contributed by atoms with Crippen molar-refractivity contribution in [2.75, 3.05) is 5.32 Å². The summed E-state index contributed by atoms with van der Waals surface area (Å²) in [6, 6.07) is 14.9. The van der Waals surface area contributed by atoms with Crippen molar-refractivity contribution in [2.24, 2.45) is 0 Å². The maximum atomic E-state index is 12.9. The molecule has 8 heteroatoms. The fraction of sp³-hybridized carbons (Fsp3) is 0.286. The van der Waals surface area contributed by atoms with Crippen molar-refractivity contribution in [1.29, 1.82) is 0 Å². The van der Waals surface area contributed by atoms with E-state index in [0.29, 0.717) is 33.7 Å². The highest BCUT2D eigenvalue weighted by Gasteiger charge is 2.19. The Hall–Kier alpha value is -3.22. The number of rotatable bonds is 8. The summed E-state index contributed by atoms with van der Waals surface area (Å²) in [7, 11) is 0. The van der Waals surface area contributed by atoms with Crippen molar-refractivity contribution in [3.63, 3.8) is 0 Å². The summed E-state index contributed by atoms with van der Waals surface area (Å²) in [6.45, 7) is 10.6. The van der Waals surface area contributed by atoms with E-state index in [2.05, 4.69) is 24.3 Å². The first kappa shape index (κ1) is 25.9. The van der Waals surface area contributed by atoms with Crippen LogP contribution in [0.1, 0.15) is 64.2 Å². The van der Waals surface area contributed by atoms with E-state index in [4.69, 9.17) is 32.4 Å². The number of hydrogen-bond donors (Lipinski definition) is 1. The second-order valence-corrected chi connectivity index (χ2v) is 9.91. The van der Waals surface area contributed by atoms with E-state index >= 15 is 0 Å². The van der Waals surface area contributed by atoms with Gasteiger partial charge in [-0.05, 0) is 73.7 Å². The zero-order chi connectivity index (χ0) is 26.0. The number of hydrogen-bond acceptors (Lipinski definition) is 4. The Kier molecular flexibility index (Phi) is 7.76. The molecule has 1 amide bonds. The van der Waals surface area contributed by atoms with Crippen LogP contribution in [-0.2, 0) is 13.2 Å². The molecule has 2 aromatic heterocycles. The van der Waals surface area contributed by atoms with Crippen LogP contribution in [0.15, 0.2) is 52.9 Å². The molecular formula is C28H29Cl2N3O3. The number of anilines is 1. The molecule has 0 bridgehead atoms. The molecular weight excluding hydrogens is 497 g/mol. The lowest BCUT2D eigenvalue weighted by Gasteiger charge is -2.15. The summed E-state index contributed by atoms with van der Waals surface area (Å²) in [6.07, 6.45) is 0. The van der Waals surface area contributed by atoms with Gasteiger partial charge in [0.15, 0.2) is 5.76 Å². The second-order valence-electron chi connectivity index (χ2n) is 9.10. The van der Waals surface area contributed by atoms with Crippen LogP contribution in [0.25, 0.3) is 0 Å². The Morgan fingerprint density at radius 2 is 1.83 bits per heavy atom. The number of furan rings is 1. The van der Waals surface area contributed by atoms with Crippen LogP contribution < -0.4 is 10.1 Å². The van der Waals surface area contributed by atoms with Gasteiger partial charge in [0.25, 0.3) is 5.91 Å². The molecule has 2 aromatic carbocycles. The summed E-state index contributed by atoms with van der Waals surface area (Å²) in [5.41, 5.74) is 5.11. The molecule has 6 nitrogen and oxygen atoms in total. The maximum absolute atomic E-state index is 12.9. The molecule has 0 aliphatic carbocycles. The molecule has 4 aromatic rings. The van der Waals surface area contributed by atoms with E-state index < -0.39 is 0 Å². The number of nitrogens with zero attached hydrogens (tertiary/aromatic N) is 2. The van der Waals surface area contributed by atoms with Crippen molar-refractivity contribution >= 4 is 34.8 Å². The van der Waals surface area contributed by atoms with Crippen molar-refractivity contribution in [1.82, 2.24) is 9.78 Å².